The third-order valence-electron chi connectivity index (χ3n) is 2.82. The van der Waals surface area contributed by atoms with Gasteiger partial charge in [0, 0.05) is 24.1 Å². The third kappa shape index (κ3) is 6.03. The number of benzene rings is 1. The van der Waals surface area contributed by atoms with E-state index < -0.39 is 20.0 Å². The fourth-order valence-electron chi connectivity index (χ4n) is 1.72. The number of hydrogen-bond donors (Lipinski definition) is 1. The molecular weight excluding hydrogens is 380 g/mol. The zero-order valence-electron chi connectivity index (χ0n) is 11.9. The monoisotopic (exact) mass is 398 g/mol. The number of sulfonamides is 2. The van der Waals surface area contributed by atoms with Crippen LogP contribution in [0.1, 0.15) is 13.3 Å². The summed E-state index contributed by atoms with van der Waals surface area (Å²) in [4.78, 5) is 0.182. The van der Waals surface area contributed by atoms with Crippen molar-refractivity contribution in [2.24, 2.45) is 0 Å². The summed E-state index contributed by atoms with van der Waals surface area (Å²) in [6, 6.07) is 6.30. The van der Waals surface area contributed by atoms with Gasteiger partial charge in [-0.15, -0.1) is 0 Å². The normalized spacial score (nSPS) is 12.8. The molecule has 0 unspecified atom stereocenters. The van der Waals surface area contributed by atoms with Crippen molar-refractivity contribution < 1.29 is 16.8 Å². The van der Waals surface area contributed by atoms with Gasteiger partial charge in [0.15, 0.2) is 0 Å². The first-order valence-electron chi connectivity index (χ1n) is 6.37. The molecule has 0 aliphatic carbocycles. The van der Waals surface area contributed by atoms with E-state index in [9.17, 15) is 16.8 Å². The maximum atomic E-state index is 12.0. The van der Waals surface area contributed by atoms with Gasteiger partial charge in [-0.1, -0.05) is 22.9 Å². The fraction of sp³-hybridized carbons (Fsp3) is 0.500. The van der Waals surface area contributed by atoms with Gasteiger partial charge in [-0.2, -0.15) is 0 Å². The summed E-state index contributed by atoms with van der Waals surface area (Å²) in [6.07, 6.45) is 1.55. The smallest absolute Gasteiger partial charge is 0.213 e. The minimum absolute atomic E-state index is 0.182. The summed E-state index contributed by atoms with van der Waals surface area (Å²) in [6.45, 7) is 2.59. The lowest BCUT2D eigenvalue weighted by Gasteiger charge is -2.17. The SMILES string of the molecule is CCN(CCCNS(=O)(=O)c1ccc(Br)cc1)S(C)(=O)=O. The van der Waals surface area contributed by atoms with Gasteiger partial charge in [0.05, 0.1) is 11.2 Å². The molecule has 0 fully saturated rings. The molecule has 1 N–H and O–H groups in total. The van der Waals surface area contributed by atoms with Gasteiger partial charge in [-0.3, -0.25) is 0 Å². The lowest BCUT2D eigenvalue weighted by Crippen LogP contribution is -2.33. The average molecular weight is 399 g/mol. The highest BCUT2D eigenvalue weighted by Crippen LogP contribution is 2.14. The summed E-state index contributed by atoms with van der Waals surface area (Å²) < 4.78 is 51.3. The third-order valence-corrected chi connectivity index (χ3v) is 6.21. The first-order valence-corrected chi connectivity index (χ1v) is 10.5. The summed E-state index contributed by atoms with van der Waals surface area (Å²) >= 11 is 3.24. The predicted molar refractivity (Wildman–Crippen MR) is 86.0 cm³/mol. The molecule has 1 aromatic carbocycles. The van der Waals surface area contributed by atoms with Crippen LogP contribution in [0.25, 0.3) is 0 Å². The van der Waals surface area contributed by atoms with E-state index in [0.29, 0.717) is 13.0 Å². The van der Waals surface area contributed by atoms with Crippen LogP contribution in [0.3, 0.4) is 0 Å². The van der Waals surface area contributed by atoms with E-state index >= 15 is 0 Å². The average Bonchev–Trinajstić information content (AvgIpc) is 2.37. The van der Waals surface area contributed by atoms with E-state index in [1.165, 1.54) is 16.4 Å². The lowest BCUT2D eigenvalue weighted by atomic mass is 10.4. The molecular formula is C12H19BrN2O4S2. The first-order chi connectivity index (χ1) is 9.66. The van der Waals surface area contributed by atoms with Crippen molar-refractivity contribution in [3.05, 3.63) is 28.7 Å². The second-order valence-corrected chi connectivity index (χ2v) is 9.12. The largest absolute Gasteiger partial charge is 0.240 e. The topological polar surface area (TPSA) is 83.6 Å². The Morgan fingerprint density at radius 3 is 2.19 bits per heavy atom. The Bertz CT molecular complexity index is 657. The molecule has 0 aromatic heterocycles. The molecule has 0 saturated heterocycles. The molecule has 0 aliphatic rings. The molecule has 0 radical (unpaired) electrons. The van der Waals surface area contributed by atoms with Crippen molar-refractivity contribution >= 4 is 36.0 Å². The van der Waals surface area contributed by atoms with Crippen LogP contribution in [0.2, 0.25) is 0 Å². The maximum Gasteiger partial charge on any atom is 0.240 e. The quantitative estimate of drug-likeness (QED) is 0.670. The van der Waals surface area contributed by atoms with Gasteiger partial charge >= 0.3 is 0 Å². The number of hydrogen-bond acceptors (Lipinski definition) is 4. The van der Waals surface area contributed by atoms with Gasteiger partial charge in [-0.25, -0.2) is 25.9 Å². The van der Waals surface area contributed by atoms with Crippen LogP contribution in [0.15, 0.2) is 33.6 Å². The van der Waals surface area contributed by atoms with Gasteiger partial charge in [0.1, 0.15) is 0 Å². The van der Waals surface area contributed by atoms with Crippen molar-refractivity contribution in [1.29, 1.82) is 0 Å². The molecule has 0 heterocycles. The molecule has 0 atom stereocenters. The Hall–Kier alpha value is -0.480. The van der Waals surface area contributed by atoms with Crippen molar-refractivity contribution in [1.82, 2.24) is 9.03 Å². The van der Waals surface area contributed by atoms with Crippen molar-refractivity contribution in [2.45, 2.75) is 18.2 Å². The minimum Gasteiger partial charge on any atom is -0.213 e. The van der Waals surface area contributed by atoms with Crippen molar-refractivity contribution in [3.8, 4) is 0 Å². The van der Waals surface area contributed by atoms with Crippen LogP contribution in [-0.4, -0.2) is 47.0 Å². The van der Waals surface area contributed by atoms with Crippen LogP contribution >= 0.6 is 15.9 Å². The molecule has 120 valence electrons. The number of nitrogens with one attached hydrogen (secondary N) is 1. The van der Waals surface area contributed by atoms with Crippen LogP contribution in [0, 0.1) is 0 Å². The Balaban J connectivity index is 2.54. The Morgan fingerprint density at radius 2 is 1.71 bits per heavy atom. The standard InChI is InChI=1S/C12H19BrN2O4S2/c1-3-15(20(2,16)17)10-4-9-14-21(18,19)12-7-5-11(13)6-8-12/h5-8,14H,3-4,9-10H2,1-2H3. The minimum atomic E-state index is -3.56. The van der Waals surface area contributed by atoms with Crippen molar-refractivity contribution in [2.75, 3.05) is 25.9 Å². The highest BCUT2D eigenvalue weighted by atomic mass is 79.9. The predicted octanol–water partition coefficient (Wildman–Crippen LogP) is 1.40. The molecule has 0 saturated carbocycles. The lowest BCUT2D eigenvalue weighted by molar-refractivity contribution is 0.424. The fourth-order valence-corrected chi connectivity index (χ4v) is 3.99. The Labute approximate surface area is 134 Å². The molecule has 1 rings (SSSR count). The Morgan fingerprint density at radius 1 is 1.14 bits per heavy atom. The molecule has 0 aliphatic heterocycles. The summed E-state index contributed by atoms with van der Waals surface area (Å²) in [5.74, 6) is 0. The van der Waals surface area contributed by atoms with Crippen molar-refractivity contribution in [3.63, 3.8) is 0 Å². The van der Waals surface area contributed by atoms with E-state index in [1.807, 2.05) is 0 Å². The van der Waals surface area contributed by atoms with E-state index in [4.69, 9.17) is 0 Å². The summed E-state index contributed by atoms with van der Waals surface area (Å²) in [5, 5.41) is 0. The molecule has 0 amide bonds. The maximum absolute atomic E-state index is 12.0. The van der Waals surface area contributed by atoms with Crippen LogP contribution in [0.5, 0.6) is 0 Å². The van der Waals surface area contributed by atoms with Gasteiger partial charge in [0.25, 0.3) is 0 Å². The second-order valence-electron chi connectivity index (χ2n) is 4.46. The van der Waals surface area contributed by atoms with Crippen LogP contribution in [-0.2, 0) is 20.0 Å². The van der Waals surface area contributed by atoms with E-state index in [2.05, 4.69) is 20.7 Å². The molecule has 21 heavy (non-hydrogen) atoms. The van der Waals surface area contributed by atoms with E-state index in [0.717, 1.165) is 10.7 Å². The number of rotatable bonds is 8. The van der Waals surface area contributed by atoms with E-state index in [-0.39, 0.29) is 18.0 Å². The highest BCUT2D eigenvalue weighted by molar-refractivity contribution is 9.10. The summed E-state index contributed by atoms with van der Waals surface area (Å²) in [5.41, 5.74) is 0. The zero-order chi connectivity index (χ0) is 16.1. The highest BCUT2D eigenvalue weighted by Gasteiger charge is 2.15. The summed E-state index contributed by atoms with van der Waals surface area (Å²) in [7, 11) is -6.79. The number of nitrogens with zero attached hydrogens (tertiary/aromatic N) is 1. The van der Waals surface area contributed by atoms with E-state index in [1.54, 1.807) is 19.1 Å². The molecule has 1 aromatic rings. The second kappa shape index (κ2) is 7.68. The Kier molecular flexibility index (Phi) is 6.79. The van der Waals surface area contributed by atoms with Crippen LogP contribution < -0.4 is 4.72 Å². The van der Waals surface area contributed by atoms with Crippen LogP contribution in [0.4, 0.5) is 0 Å². The van der Waals surface area contributed by atoms with Gasteiger partial charge < -0.3 is 0 Å². The molecule has 0 bridgehead atoms. The number of halogens is 1. The van der Waals surface area contributed by atoms with Gasteiger partial charge in [-0.05, 0) is 30.7 Å². The molecule has 9 heteroatoms. The van der Waals surface area contributed by atoms with Gasteiger partial charge in [0.2, 0.25) is 20.0 Å². The first kappa shape index (κ1) is 18.6. The zero-order valence-corrected chi connectivity index (χ0v) is 15.1. The molecule has 6 nitrogen and oxygen atoms in total. The molecule has 0 spiro atoms.